The van der Waals surface area contributed by atoms with Gasteiger partial charge in [-0.15, -0.1) is 0 Å². The van der Waals surface area contributed by atoms with E-state index in [1.54, 1.807) is 0 Å². The fraction of sp³-hybridized carbons (Fsp3) is 0.200. The molecule has 0 aliphatic heterocycles. The Morgan fingerprint density at radius 3 is 1.29 bits per heavy atom. The first-order chi connectivity index (χ1) is 8.31. The van der Waals surface area contributed by atoms with E-state index >= 15 is 0 Å². The second-order valence-electron chi connectivity index (χ2n) is 4.07. The van der Waals surface area contributed by atoms with Crippen molar-refractivity contribution in [2.45, 2.75) is 6.42 Å². The molecule has 2 heteroatoms. The minimum absolute atomic E-state index is 0.980. The van der Waals surface area contributed by atoms with Gasteiger partial charge in [-0.3, -0.25) is 0 Å². The highest BCUT2D eigenvalue weighted by Gasteiger charge is 1.97. The highest BCUT2D eigenvalue weighted by atomic mass is 14.8. The van der Waals surface area contributed by atoms with Gasteiger partial charge in [-0.2, -0.15) is 0 Å². The van der Waals surface area contributed by atoms with Crippen LogP contribution in [-0.2, 0) is 6.42 Å². The average Bonchev–Trinajstić information content (AvgIpc) is 2.40. The van der Waals surface area contributed by atoms with Crippen molar-refractivity contribution in [1.29, 1.82) is 0 Å². The molecule has 17 heavy (non-hydrogen) atoms. The predicted octanol–water partition coefficient (Wildman–Crippen LogP) is 3.36. The molecule has 0 radical (unpaired) electrons. The zero-order chi connectivity index (χ0) is 12.1. The zero-order valence-corrected chi connectivity index (χ0v) is 10.3. The lowest BCUT2D eigenvalue weighted by atomic mass is 10.0. The van der Waals surface area contributed by atoms with Gasteiger partial charge in [0.2, 0.25) is 0 Å². The predicted molar refractivity (Wildman–Crippen MR) is 74.8 cm³/mol. The van der Waals surface area contributed by atoms with E-state index in [2.05, 4.69) is 59.2 Å². The van der Waals surface area contributed by atoms with Crippen molar-refractivity contribution in [2.75, 3.05) is 24.7 Å². The van der Waals surface area contributed by atoms with Crippen LogP contribution in [0.5, 0.6) is 0 Å². The van der Waals surface area contributed by atoms with Crippen LogP contribution in [-0.4, -0.2) is 14.1 Å². The molecular weight excluding hydrogens is 208 g/mol. The third-order valence-corrected chi connectivity index (χ3v) is 2.89. The lowest BCUT2D eigenvalue weighted by Crippen LogP contribution is -1.92. The van der Waals surface area contributed by atoms with E-state index in [-0.39, 0.29) is 0 Å². The first kappa shape index (κ1) is 11.5. The van der Waals surface area contributed by atoms with E-state index in [1.807, 2.05) is 14.1 Å². The van der Waals surface area contributed by atoms with Gasteiger partial charge in [-0.1, -0.05) is 24.3 Å². The van der Waals surface area contributed by atoms with E-state index in [4.69, 9.17) is 0 Å². The van der Waals surface area contributed by atoms with Crippen LogP contribution >= 0.6 is 0 Å². The molecule has 0 heterocycles. The van der Waals surface area contributed by atoms with Crippen LogP contribution in [0.1, 0.15) is 11.1 Å². The molecule has 0 saturated carbocycles. The Labute approximate surface area is 103 Å². The molecule has 2 nitrogen and oxygen atoms in total. The van der Waals surface area contributed by atoms with Crippen LogP contribution in [0.4, 0.5) is 11.4 Å². The Morgan fingerprint density at radius 1 is 0.647 bits per heavy atom. The Bertz CT molecular complexity index is 412. The van der Waals surface area contributed by atoms with E-state index in [0.717, 1.165) is 17.8 Å². The Balaban J connectivity index is 2.08. The normalized spacial score (nSPS) is 10.0. The SMILES string of the molecule is CNc1ccc(Cc2ccc(NC)cc2)cc1. The molecule has 0 atom stereocenters. The summed E-state index contributed by atoms with van der Waals surface area (Å²) in [5, 5.41) is 6.25. The van der Waals surface area contributed by atoms with Gasteiger partial charge in [0, 0.05) is 25.5 Å². The second kappa shape index (κ2) is 5.39. The van der Waals surface area contributed by atoms with Crippen molar-refractivity contribution in [3.63, 3.8) is 0 Å². The molecule has 88 valence electrons. The molecule has 2 rings (SSSR count). The third kappa shape index (κ3) is 3.00. The summed E-state index contributed by atoms with van der Waals surface area (Å²) in [5.41, 5.74) is 4.97. The molecule has 0 aliphatic rings. The van der Waals surface area contributed by atoms with Crippen molar-refractivity contribution < 1.29 is 0 Å². The highest BCUT2D eigenvalue weighted by Crippen LogP contribution is 2.15. The number of anilines is 2. The average molecular weight is 226 g/mol. The second-order valence-corrected chi connectivity index (χ2v) is 4.07. The van der Waals surface area contributed by atoms with Crippen LogP contribution in [0.2, 0.25) is 0 Å². The summed E-state index contributed by atoms with van der Waals surface area (Å²) in [4.78, 5) is 0. The van der Waals surface area contributed by atoms with Crippen molar-refractivity contribution in [3.05, 3.63) is 59.7 Å². The molecule has 0 aromatic heterocycles. The minimum Gasteiger partial charge on any atom is -0.388 e. The maximum Gasteiger partial charge on any atom is 0.0337 e. The summed E-state index contributed by atoms with van der Waals surface area (Å²) in [6.45, 7) is 0. The van der Waals surface area contributed by atoms with Gasteiger partial charge >= 0.3 is 0 Å². The van der Waals surface area contributed by atoms with Gasteiger partial charge in [0.05, 0.1) is 0 Å². The van der Waals surface area contributed by atoms with Gasteiger partial charge in [0.1, 0.15) is 0 Å². The van der Waals surface area contributed by atoms with Gasteiger partial charge < -0.3 is 10.6 Å². The van der Waals surface area contributed by atoms with Crippen molar-refractivity contribution >= 4 is 11.4 Å². The van der Waals surface area contributed by atoms with Crippen molar-refractivity contribution in [1.82, 2.24) is 0 Å². The Kier molecular flexibility index (Phi) is 3.66. The van der Waals surface area contributed by atoms with Gasteiger partial charge in [0.15, 0.2) is 0 Å². The van der Waals surface area contributed by atoms with Crippen LogP contribution in [0.25, 0.3) is 0 Å². The summed E-state index contributed by atoms with van der Waals surface area (Å²) < 4.78 is 0. The molecule has 2 N–H and O–H groups in total. The van der Waals surface area contributed by atoms with Crippen LogP contribution in [0.3, 0.4) is 0 Å². The van der Waals surface area contributed by atoms with E-state index < -0.39 is 0 Å². The maximum absolute atomic E-state index is 3.12. The third-order valence-electron chi connectivity index (χ3n) is 2.89. The molecule has 0 spiro atoms. The molecule has 0 saturated heterocycles. The molecular formula is C15H18N2. The highest BCUT2D eigenvalue weighted by molar-refractivity contribution is 5.46. The van der Waals surface area contributed by atoms with E-state index in [1.165, 1.54) is 11.1 Å². The monoisotopic (exact) mass is 226 g/mol. The molecule has 0 amide bonds. The summed E-state index contributed by atoms with van der Waals surface area (Å²) >= 11 is 0. The summed E-state index contributed by atoms with van der Waals surface area (Å²) in [7, 11) is 3.87. The van der Waals surface area contributed by atoms with Gasteiger partial charge in [-0.25, -0.2) is 0 Å². The molecule has 0 bridgehead atoms. The topological polar surface area (TPSA) is 24.1 Å². The fourth-order valence-electron chi connectivity index (χ4n) is 1.81. The number of hydrogen-bond acceptors (Lipinski definition) is 2. The summed E-state index contributed by atoms with van der Waals surface area (Å²) in [5.74, 6) is 0. The lowest BCUT2D eigenvalue weighted by molar-refractivity contribution is 1.19. The van der Waals surface area contributed by atoms with Gasteiger partial charge in [-0.05, 0) is 41.8 Å². The van der Waals surface area contributed by atoms with E-state index in [0.29, 0.717) is 0 Å². The fourth-order valence-corrected chi connectivity index (χ4v) is 1.81. The zero-order valence-electron chi connectivity index (χ0n) is 10.3. The summed E-state index contributed by atoms with van der Waals surface area (Å²) in [6.07, 6.45) is 0.980. The number of rotatable bonds is 4. The Hall–Kier alpha value is -1.96. The first-order valence-electron chi connectivity index (χ1n) is 5.85. The number of hydrogen-bond donors (Lipinski definition) is 2. The van der Waals surface area contributed by atoms with Crippen molar-refractivity contribution in [2.24, 2.45) is 0 Å². The molecule has 2 aromatic carbocycles. The van der Waals surface area contributed by atoms with Crippen molar-refractivity contribution in [3.8, 4) is 0 Å². The number of benzene rings is 2. The van der Waals surface area contributed by atoms with Crippen LogP contribution in [0.15, 0.2) is 48.5 Å². The van der Waals surface area contributed by atoms with Crippen LogP contribution < -0.4 is 10.6 Å². The smallest absolute Gasteiger partial charge is 0.0337 e. The minimum atomic E-state index is 0.980. The molecule has 0 unspecified atom stereocenters. The quantitative estimate of drug-likeness (QED) is 0.835. The first-order valence-corrected chi connectivity index (χ1v) is 5.85. The lowest BCUT2D eigenvalue weighted by Gasteiger charge is -2.05. The molecule has 2 aromatic rings. The van der Waals surface area contributed by atoms with Crippen LogP contribution in [0, 0.1) is 0 Å². The standard InChI is InChI=1S/C15H18N2/c1-16-14-7-3-12(4-8-14)11-13-5-9-15(17-2)10-6-13/h3-10,16-17H,11H2,1-2H3. The Morgan fingerprint density at radius 2 is 1.00 bits per heavy atom. The van der Waals surface area contributed by atoms with Gasteiger partial charge in [0.25, 0.3) is 0 Å². The maximum atomic E-state index is 3.12. The summed E-state index contributed by atoms with van der Waals surface area (Å²) in [6, 6.07) is 17.1. The molecule has 0 aliphatic carbocycles. The molecule has 0 fully saturated rings. The van der Waals surface area contributed by atoms with E-state index in [9.17, 15) is 0 Å². The number of nitrogens with one attached hydrogen (secondary N) is 2. The largest absolute Gasteiger partial charge is 0.388 e.